The highest BCUT2D eigenvalue weighted by atomic mass is 32.2. The zero-order valence-electron chi connectivity index (χ0n) is 14.6. The molecule has 1 fully saturated rings. The molecular weight excluding hydrogens is 342 g/mol. The maximum Gasteiger partial charge on any atom is 0.244 e. The first-order valence-corrected chi connectivity index (χ1v) is 10.2. The minimum atomic E-state index is -3.20. The number of hydrogen-bond acceptors (Lipinski definition) is 7. The van der Waals surface area contributed by atoms with Gasteiger partial charge in [0.15, 0.2) is 15.7 Å². The minimum Gasteiger partial charge on any atom is -0.392 e. The number of rotatable bonds is 5. The molecule has 8 heteroatoms. The molecule has 1 saturated heterocycles. The molecule has 0 amide bonds. The largest absolute Gasteiger partial charge is 0.392 e. The zero-order valence-corrected chi connectivity index (χ0v) is 15.4. The molecule has 1 aliphatic rings. The van der Waals surface area contributed by atoms with Crippen molar-refractivity contribution in [3.05, 3.63) is 41.5 Å². The number of sulfone groups is 1. The molecule has 1 aromatic heterocycles. The van der Waals surface area contributed by atoms with Gasteiger partial charge in [0.2, 0.25) is 5.89 Å². The predicted molar refractivity (Wildman–Crippen MR) is 91.7 cm³/mol. The van der Waals surface area contributed by atoms with Crippen LogP contribution in [0.4, 0.5) is 0 Å². The lowest BCUT2D eigenvalue weighted by molar-refractivity contribution is 0.169. The van der Waals surface area contributed by atoms with E-state index in [9.17, 15) is 13.5 Å². The molecule has 0 unspecified atom stereocenters. The summed E-state index contributed by atoms with van der Waals surface area (Å²) < 4.78 is 28.5. The number of likely N-dealkylation sites (tertiary alicyclic amines) is 1. The molecule has 0 bridgehead atoms. The van der Waals surface area contributed by atoms with Crippen LogP contribution in [0.3, 0.4) is 0 Å². The van der Waals surface area contributed by atoms with Gasteiger partial charge in [0.1, 0.15) is 0 Å². The molecule has 0 aliphatic carbocycles. The number of aliphatic hydroxyl groups excluding tert-OH is 1. The van der Waals surface area contributed by atoms with E-state index in [2.05, 4.69) is 15.0 Å². The number of aromatic nitrogens is 2. The average Bonchev–Trinajstić information content (AvgIpc) is 3.13. The van der Waals surface area contributed by atoms with Crippen LogP contribution < -0.4 is 0 Å². The van der Waals surface area contributed by atoms with E-state index >= 15 is 0 Å². The van der Waals surface area contributed by atoms with Crippen molar-refractivity contribution in [3.8, 4) is 0 Å². The van der Waals surface area contributed by atoms with Gasteiger partial charge in [-0.3, -0.25) is 4.90 Å². The van der Waals surface area contributed by atoms with Crippen LogP contribution >= 0.6 is 0 Å². The Balaban J connectivity index is 1.77. The Bertz CT molecular complexity index is 830. The first kappa shape index (κ1) is 18.0. The first-order chi connectivity index (χ1) is 11.7. The lowest BCUT2D eigenvalue weighted by Gasteiger charge is -2.21. The maximum absolute atomic E-state index is 11.6. The van der Waals surface area contributed by atoms with Gasteiger partial charge in [0.25, 0.3) is 0 Å². The van der Waals surface area contributed by atoms with Crippen LogP contribution in [0.1, 0.15) is 49.5 Å². The predicted octanol–water partition coefficient (Wildman–Crippen LogP) is 1.90. The van der Waals surface area contributed by atoms with E-state index in [1.54, 1.807) is 24.3 Å². The van der Waals surface area contributed by atoms with Gasteiger partial charge >= 0.3 is 0 Å². The van der Waals surface area contributed by atoms with Gasteiger partial charge in [-0.2, -0.15) is 4.98 Å². The van der Waals surface area contributed by atoms with E-state index in [1.807, 2.05) is 13.8 Å². The monoisotopic (exact) mass is 365 g/mol. The fourth-order valence-electron chi connectivity index (χ4n) is 3.00. The van der Waals surface area contributed by atoms with Gasteiger partial charge in [-0.05, 0) is 24.1 Å². The second-order valence-electron chi connectivity index (χ2n) is 6.90. The first-order valence-electron chi connectivity index (χ1n) is 8.28. The van der Waals surface area contributed by atoms with Gasteiger partial charge in [0, 0.05) is 25.3 Å². The number of nitrogens with zero attached hydrogens (tertiary/aromatic N) is 3. The van der Waals surface area contributed by atoms with Crippen molar-refractivity contribution in [2.45, 2.75) is 49.8 Å². The molecule has 136 valence electrons. The van der Waals surface area contributed by atoms with Crippen LogP contribution in [0.15, 0.2) is 33.7 Å². The smallest absolute Gasteiger partial charge is 0.244 e. The molecule has 2 aromatic rings. The summed E-state index contributed by atoms with van der Waals surface area (Å²) >= 11 is 0. The summed E-state index contributed by atoms with van der Waals surface area (Å²) in [7, 11) is -3.20. The molecular formula is C17H23N3O4S. The molecule has 0 spiro atoms. The molecule has 7 nitrogen and oxygen atoms in total. The summed E-state index contributed by atoms with van der Waals surface area (Å²) in [6, 6.07) is 6.67. The number of aliphatic hydroxyl groups is 1. The second kappa shape index (κ2) is 6.86. The summed E-state index contributed by atoms with van der Waals surface area (Å²) in [5, 5.41) is 14.1. The number of β-amino-alcohol motifs (C(OH)–C–C–N with tert-alkyl or cyclic N) is 1. The van der Waals surface area contributed by atoms with Crippen LogP contribution in [-0.2, 0) is 16.4 Å². The highest BCUT2D eigenvalue weighted by Gasteiger charge is 2.36. The fraction of sp³-hybridized carbons (Fsp3) is 0.529. The highest BCUT2D eigenvalue weighted by molar-refractivity contribution is 7.90. The van der Waals surface area contributed by atoms with Crippen molar-refractivity contribution >= 4 is 9.84 Å². The molecule has 25 heavy (non-hydrogen) atoms. The Hall–Kier alpha value is -1.77. The van der Waals surface area contributed by atoms with Gasteiger partial charge in [-0.1, -0.05) is 31.1 Å². The van der Waals surface area contributed by atoms with Crippen molar-refractivity contribution in [2.75, 3.05) is 12.8 Å². The summed E-state index contributed by atoms with van der Waals surface area (Å²) in [5.41, 5.74) is 0.968. The Kier molecular flexibility index (Phi) is 4.95. The van der Waals surface area contributed by atoms with Crippen LogP contribution in [0.2, 0.25) is 0 Å². The Morgan fingerprint density at radius 3 is 2.56 bits per heavy atom. The third-order valence-corrected chi connectivity index (χ3v) is 5.51. The third kappa shape index (κ3) is 4.08. The Morgan fingerprint density at radius 1 is 1.32 bits per heavy atom. The van der Waals surface area contributed by atoms with Crippen LogP contribution in [0.25, 0.3) is 0 Å². The second-order valence-corrected chi connectivity index (χ2v) is 8.91. The summed E-state index contributed by atoms with van der Waals surface area (Å²) in [6.07, 6.45) is 1.28. The van der Waals surface area contributed by atoms with Crippen molar-refractivity contribution in [1.82, 2.24) is 15.0 Å². The third-order valence-electron chi connectivity index (χ3n) is 4.38. The molecule has 2 atom stereocenters. The number of benzene rings is 1. The standard InChI is InChI=1S/C17H23N3O4S/c1-11(2)16-18-17(24-19-16)15-8-13(21)10-20(15)9-12-4-6-14(7-5-12)25(3,22)23/h4-7,11,13,15,21H,8-10H2,1-3H3/t13-,15+/m1/s1. The van der Waals surface area contributed by atoms with Crippen LogP contribution in [0.5, 0.6) is 0 Å². The Labute approximate surface area is 147 Å². The van der Waals surface area contributed by atoms with Crippen molar-refractivity contribution < 1.29 is 18.0 Å². The average molecular weight is 365 g/mol. The molecule has 1 N–H and O–H groups in total. The SMILES string of the molecule is CC(C)c1noc([C@@H]2C[C@@H](O)CN2Cc2ccc(S(C)(=O)=O)cc2)n1. The molecule has 0 saturated carbocycles. The lowest BCUT2D eigenvalue weighted by atomic mass is 10.1. The van der Waals surface area contributed by atoms with E-state index in [-0.39, 0.29) is 12.0 Å². The molecule has 2 heterocycles. The number of hydrogen-bond donors (Lipinski definition) is 1. The van der Waals surface area contributed by atoms with Crippen molar-refractivity contribution in [3.63, 3.8) is 0 Å². The van der Waals surface area contributed by atoms with E-state index in [0.29, 0.717) is 36.1 Å². The van der Waals surface area contributed by atoms with Crippen molar-refractivity contribution in [2.24, 2.45) is 0 Å². The van der Waals surface area contributed by atoms with Crippen LogP contribution in [-0.4, -0.2) is 47.5 Å². The van der Waals surface area contributed by atoms with Gasteiger partial charge < -0.3 is 9.63 Å². The van der Waals surface area contributed by atoms with Crippen LogP contribution in [0, 0.1) is 0 Å². The van der Waals surface area contributed by atoms with E-state index in [1.165, 1.54) is 6.26 Å². The lowest BCUT2D eigenvalue weighted by Crippen LogP contribution is -2.24. The summed E-state index contributed by atoms with van der Waals surface area (Å²) in [6.45, 7) is 5.08. The van der Waals surface area contributed by atoms with Gasteiger partial charge in [0.05, 0.1) is 17.0 Å². The Morgan fingerprint density at radius 2 is 2.00 bits per heavy atom. The highest BCUT2D eigenvalue weighted by Crippen LogP contribution is 2.33. The summed E-state index contributed by atoms with van der Waals surface area (Å²) in [5.74, 6) is 1.36. The summed E-state index contributed by atoms with van der Waals surface area (Å²) in [4.78, 5) is 6.83. The van der Waals surface area contributed by atoms with Crippen molar-refractivity contribution in [1.29, 1.82) is 0 Å². The van der Waals surface area contributed by atoms with E-state index in [0.717, 1.165) is 5.56 Å². The quantitative estimate of drug-likeness (QED) is 0.864. The van der Waals surface area contributed by atoms with E-state index in [4.69, 9.17) is 4.52 Å². The topological polar surface area (TPSA) is 96.5 Å². The van der Waals surface area contributed by atoms with Gasteiger partial charge in [-0.25, -0.2) is 8.42 Å². The van der Waals surface area contributed by atoms with Gasteiger partial charge in [-0.15, -0.1) is 0 Å². The fourth-order valence-corrected chi connectivity index (χ4v) is 3.64. The molecule has 3 rings (SSSR count). The minimum absolute atomic E-state index is 0.135. The maximum atomic E-state index is 11.6. The normalized spacial score (nSPS) is 22.0. The molecule has 1 aliphatic heterocycles. The van der Waals surface area contributed by atoms with E-state index < -0.39 is 15.9 Å². The zero-order chi connectivity index (χ0) is 18.2. The molecule has 0 radical (unpaired) electrons. The molecule has 1 aromatic carbocycles.